The Morgan fingerprint density at radius 2 is 2.00 bits per heavy atom. The van der Waals surface area contributed by atoms with Gasteiger partial charge in [0.05, 0.1) is 30.4 Å². The van der Waals surface area contributed by atoms with Crippen LogP contribution in [0, 0.1) is 6.92 Å². The summed E-state index contributed by atoms with van der Waals surface area (Å²) in [6, 6.07) is 4.10. The molecule has 29 heavy (non-hydrogen) atoms. The molecule has 7 nitrogen and oxygen atoms in total. The maximum atomic E-state index is 5.46. The third kappa shape index (κ3) is 3.31. The van der Waals surface area contributed by atoms with Gasteiger partial charge in [0.25, 0.3) is 0 Å². The van der Waals surface area contributed by atoms with E-state index < -0.39 is 0 Å². The van der Waals surface area contributed by atoms with Crippen molar-refractivity contribution in [1.82, 2.24) is 19.5 Å². The van der Waals surface area contributed by atoms with Crippen LogP contribution in [0.25, 0.3) is 22.4 Å². The summed E-state index contributed by atoms with van der Waals surface area (Å²) in [7, 11) is 0. The number of aliphatic imine (C=N–C) groups is 1. The molecule has 2 aliphatic heterocycles. The number of dihydropyridines is 1. The van der Waals surface area contributed by atoms with Crippen LogP contribution in [0.1, 0.15) is 25.1 Å². The van der Waals surface area contributed by atoms with Gasteiger partial charge in [0.2, 0.25) is 0 Å². The van der Waals surface area contributed by atoms with Gasteiger partial charge in [-0.05, 0) is 37.1 Å². The van der Waals surface area contributed by atoms with Gasteiger partial charge >= 0.3 is 0 Å². The number of pyridine rings is 2. The molecule has 0 saturated carbocycles. The van der Waals surface area contributed by atoms with Crippen molar-refractivity contribution in [2.45, 2.75) is 26.4 Å². The van der Waals surface area contributed by atoms with Crippen LogP contribution in [0.4, 0.5) is 5.82 Å². The summed E-state index contributed by atoms with van der Waals surface area (Å²) in [5, 5.41) is 0. The van der Waals surface area contributed by atoms with Crippen molar-refractivity contribution < 1.29 is 4.74 Å². The van der Waals surface area contributed by atoms with E-state index in [0.717, 1.165) is 66.5 Å². The molecular weight excluding hydrogens is 364 g/mol. The van der Waals surface area contributed by atoms with Crippen molar-refractivity contribution in [1.29, 1.82) is 0 Å². The lowest BCUT2D eigenvalue weighted by Crippen LogP contribution is -2.36. The second-order valence-corrected chi connectivity index (χ2v) is 7.57. The first-order valence-electron chi connectivity index (χ1n) is 10.0. The van der Waals surface area contributed by atoms with Crippen LogP contribution in [0.2, 0.25) is 0 Å². The minimum absolute atomic E-state index is 0.0266. The van der Waals surface area contributed by atoms with Crippen LogP contribution >= 0.6 is 0 Å². The van der Waals surface area contributed by atoms with Crippen LogP contribution in [-0.4, -0.2) is 52.0 Å². The Balaban J connectivity index is 1.60. The quantitative estimate of drug-likeness (QED) is 0.686. The van der Waals surface area contributed by atoms with E-state index in [2.05, 4.69) is 40.4 Å². The Bertz CT molecular complexity index is 1110. The molecule has 0 N–H and O–H groups in total. The Morgan fingerprint density at radius 1 is 1.14 bits per heavy atom. The summed E-state index contributed by atoms with van der Waals surface area (Å²) in [5.41, 5.74) is 5.29. The first-order valence-corrected chi connectivity index (χ1v) is 10.0. The molecule has 0 spiro atoms. The Hall–Kier alpha value is -3.06. The number of hydrogen-bond donors (Lipinski definition) is 0. The SMILES string of the molecule is CC1=CCC(n2c(-c3cnc(N4CCOCC4)cc3C)nc3ccncc32)N=C1. The number of nitrogens with zero attached hydrogens (tertiary/aromatic N) is 6. The molecule has 1 unspecified atom stereocenters. The van der Waals surface area contributed by atoms with E-state index >= 15 is 0 Å². The van der Waals surface area contributed by atoms with E-state index in [0.29, 0.717) is 0 Å². The van der Waals surface area contributed by atoms with Crippen LogP contribution < -0.4 is 4.90 Å². The predicted molar refractivity (Wildman–Crippen MR) is 114 cm³/mol. The smallest absolute Gasteiger partial charge is 0.144 e. The molecule has 3 aromatic rings. The van der Waals surface area contributed by atoms with Crippen molar-refractivity contribution in [3.63, 3.8) is 0 Å². The Kier molecular flexibility index (Phi) is 4.60. The zero-order valence-electron chi connectivity index (χ0n) is 16.7. The van der Waals surface area contributed by atoms with Gasteiger partial charge in [0, 0.05) is 43.7 Å². The minimum Gasteiger partial charge on any atom is -0.378 e. The number of aryl methyl sites for hydroxylation is 1. The summed E-state index contributed by atoms with van der Waals surface area (Å²) in [4.78, 5) is 21.1. The van der Waals surface area contributed by atoms with Crippen molar-refractivity contribution >= 4 is 23.1 Å². The van der Waals surface area contributed by atoms with E-state index in [1.165, 1.54) is 5.57 Å². The van der Waals surface area contributed by atoms with Gasteiger partial charge in [-0.1, -0.05) is 6.08 Å². The summed E-state index contributed by atoms with van der Waals surface area (Å²) < 4.78 is 7.66. The highest BCUT2D eigenvalue weighted by atomic mass is 16.5. The highest BCUT2D eigenvalue weighted by molar-refractivity contribution is 5.82. The molecule has 3 aromatic heterocycles. The van der Waals surface area contributed by atoms with E-state index in [1.807, 2.05) is 24.7 Å². The first-order chi connectivity index (χ1) is 14.2. The summed E-state index contributed by atoms with van der Waals surface area (Å²) in [5.74, 6) is 1.88. The molecule has 0 aromatic carbocycles. The van der Waals surface area contributed by atoms with Crippen molar-refractivity contribution in [3.8, 4) is 11.4 Å². The van der Waals surface area contributed by atoms with E-state index in [-0.39, 0.29) is 6.17 Å². The number of anilines is 1. The van der Waals surface area contributed by atoms with E-state index in [9.17, 15) is 0 Å². The molecule has 7 heteroatoms. The fraction of sp³-hybridized carbons (Fsp3) is 0.364. The summed E-state index contributed by atoms with van der Waals surface area (Å²) in [6.07, 6.45) is 10.6. The van der Waals surface area contributed by atoms with Crippen LogP contribution in [0.3, 0.4) is 0 Å². The van der Waals surface area contributed by atoms with Crippen LogP contribution in [-0.2, 0) is 4.74 Å². The molecular formula is C22H24N6O. The summed E-state index contributed by atoms with van der Waals surface area (Å²) >= 11 is 0. The maximum Gasteiger partial charge on any atom is 0.144 e. The van der Waals surface area contributed by atoms with Crippen molar-refractivity contribution in [2.24, 2.45) is 4.99 Å². The zero-order chi connectivity index (χ0) is 19.8. The fourth-order valence-corrected chi connectivity index (χ4v) is 3.95. The lowest BCUT2D eigenvalue weighted by Gasteiger charge is -2.28. The lowest BCUT2D eigenvalue weighted by atomic mass is 10.1. The van der Waals surface area contributed by atoms with E-state index in [1.54, 1.807) is 6.20 Å². The molecule has 2 aliphatic rings. The number of ether oxygens (including phenoxy) is 1. The van der Waals surface area contributed by atoms with Gasteiger partial charge in [-0.15, -0.1) is 0 Å². The number of rotatable bonds is 3. The van der Waals surface area contributed by atoms with Crippen molar-refractivity contribution in [3.05, 3.63) is 47.9 Å². The third-order valence-corrected chi connectivity index (χ3v) is 5.56. The number of fused-ring (bicyclic) bond motifs is 1. The Labute approximate surface area is 169 Å². The molecule has 0 bridgehead atoms. The van der Waals surface area contributed by atoms with Crippen LogP contribution in [0.5, 0.6) is 0 Å². The standard InChI is InChI=1S/C22H24N6O/c1-15-3-4-20(24-12-15)28-19-14-23-6-5-18(19)26-22(28)17-13-25-21(11-16(17)2)27-7-9-29-10-8-27/h3,5-6,11-14,20H,4,7-10H2,1-2H3. The topological polar surface area (TPSA) is 68.4 Å². The van der Waals surface area contributed by atoms with Crippen LogP contribution in [0.15, 0.2) is 47.4 Å². The van der Waals surface area contributed by atoms with Gasteiger partial charge in [-0.2, -0.15) is 0 Å². The van der Waals surface area contributed by atoms with E-state index in [4.69, 9.17) is 19.7 Å². The second kappa shape index (κ2) is 7.40. The molecule has 0 amide bonds. The molecule has 0 radical (unpaired) electrons. The van der Waals surface area contributed by atoms with Gasteiger partial charge in [0.15, 0.2) is 0 Å². The monoisotopic (exact) mass is 388 g/mol. The first kappa shape index (κ1) is 18.0. The fourth-order valence-electron chi connectivity index (χ4n) is 3.95. The highest BCUT2D eigenvalue weighted by Gasteiger charge is 2.22. The largest absolute Gasteiger partial charge is 0.378 e. The zero-order valence-corrected chi connectivity index (χ0v) is 16.7. The van der Waals surface area contributed by atoms with Gasteiger partial charge in [-0.3, -0.25) is 14.5 Å². The molecule has 1 fully saturated rings. The van der Waals surface area contributed by atoms with Crippen molar-refractivity contribution in [2.75, 3.05) is 31.2 Å². The lowest BCUT2D eigenvalue weighted by molar-refractivity contribution is 0.122. The van der Waals surface area contributed by atoms with Gasteiger partial charge in [0.1, 0.15) is 17.8 Å². The average Bonchev–Trinajstić information content (AvgIpc) is 3.14. The molecule has 5 heterocycles. The van der Waals surface area contributed by atoms with Gasteiger partial charge in [-0.25, -0.2) is 9.97 Å². The number of allylic oxidation sites excluding steroid dienone is 1. The Morgan fingerprint density at radius 3 is 2.76 bits per heavy atom. The average molecular weight is 388 g/mol. The molecule has 148 valence electrons. The maximum absolute atomic E-state index is 5.46. The highest BCUT2D eigenvalue weighted by Crippen LogP contribution is 2.33. The minimum atomic E-state index is -0.0266. The molecule has 0 aliphatic carbocycles. The summed E-state index contributed by atoms with van der Waals surface area (Å²) in [6.45, 7) is 7.44. The van der Waals surface area contributed by atoms with Gasteiger partial charge < -0.3 is 9.64 Å². The number of morpholine rings is 1. The number of hydrogen-bond acceptors (Lipinski definition) is 6. The predicted octanol–water partition coefficient (Wildman–Crippen LogP) is 3.56. The number of aromatic nitrogens is 4. The third-order valence-electron chi connectivity index (χ3n) is 5.56. The molecule has 5 rings (SSSR count). The normalized spacial score (nSPS) is 19.6. The molecule has 1 saturated heterocycles. The number of imidazole rings is 1. The molecule has 1 atom stereocenters. The second-order valence-electron chi connectivity index (χ2n) is 7.57.